The molecule has 2 saturated heterocycles. The van der Waals surface area contributed by atoms with Gasteiger partial charge >= 0.3 is 5.97 Å². The van der Waals surface area contributed by atoms with E-state index in [1.165, 1.54) is 0 Å². The van der Waals surface area contributed by atoms with Gasteiger partial charge in [-0.2, -0.15) is 0 Å². The van der Waals surface area contributed by atoms with E-state index < -0.39 is 5.97 Å². The Morgan fingerprint density at radius 2 is 1.71 bits per heavy atom. The number of carboxylic acid groups (broad SMARTS) is 1. The van der Waals surface area contributed by atoms with Gasteiger partial charge < -0.3 is 10.4 Å². The number of piperidine rings is 1. The number of halogens is 1. The predicted molar refractivity (Wildman–Crippen MR) is 83.6 cm³/mol. The van der Waals surface area contributed by atoms with Crippen molar-refractivity contribution >= 4 is 24.3 Å². The fraction of sp³-hybridized carbons (Fsp3) is 0.867. The van der Waals surface area contributed by atoms with Crippen molar-refractivity contribution in [2.75, 3.05) is 6.54 Å². The van der Waals surface area contributed by atoms with Gasteiger partial charge in [0.1, 0.15) is 0 Å². The number of fused-ring (bicyclic) bond motifs is 2. The normalized spacial score (nSPS) is 28.8. The molecule has 2 heterocycles. The van der Waals surface area contributed by atoms with E-state index in [-0.39, 0.29) is 36.2 Å². The van der Waals surface area contributed by atoms with Crippen molar-refractivity contribution in [1.29, 1.82) is 0 Å². The zero-order valence-electron chi connectivity index (χ0n) is 13.1. The van der Waals surface area contributed by atoms with E-state index in [1.54, 1.807) is 0 Å². The summed E-state index contributed by atoms with van der Waals surface area (Å²) in [7, 11) is 0. The van der Waals surface area contributed by atoms with E-state index in [9.17, 15) is 9.59 Å². The molecule has 2 N–H and O–H groups in total. The highest BCUT2D eigenvalue weighted by molar-refractivity contribution is 5.85. The van der Waals surface area contributed by atoms with Gasteiger partial charge in [-0.3, -0.25) is 14.5 Å². The predicted octanol–water partition coefficient (Wildman–Crippen LogP) is 2.04. The number of aliphatic carboxylic acids is 1. The molecule has 1 amide bonds. The third kappa shape index (κ3) is 5.15. The van der Waals surface area contributed by atoms with Crippen LogP contribution in [0.2, 0.25) is 0 Å². The maximum atomic E-state index is 12.1. The molecule has 0 aromatic heterocycles. The standard InChI is InChI=1S/C15H26N2O3.ClH/c1-15(2,3)16-13(18)9-17-11-4-5-12(17)7-10(6-11)8-14(19)20;/h10-12H,4-9H2,1-3H3,(H,16,18)(H,19,20);1H/t10-,11+,12-;. The Hall–Kier alpha value is -0.810. The van der Waals surface area contributed by atoms with E-state index in [4.69, 9.17) is 5.11 Å². The first kappa shape index (κ1) is 18.2. The maximum Gasteiger partial charge on any atom is 0.303 e. The van der Waals surface area contributed by atoms with Crippen LogP contribution >= 0.6 is 12.4 Å². The molecule has 0 aliphatic carbocycles. The van der Waals surface area contributed by atoms with Gasteiger partial charge in [-0.25, -0.2) is 0 Å². The number of nitrogens with one attached hydrogen (secondary N) is 1. The van der Waals surface area contributed by atoms with Gasteiger partial charge in [0.15, 0.2) is 0 Å². The Kier molecular flexibility index (Phi) is 6.05. The minimum atomic E-state index is -0.701. The van der Waals surface area contributed by atoms with Crippen LogP contribution in [0.1, 0.15) is 52.9 Å². The second-order valence-corrected chi connectivity index (χ2v) is 7.29. The number of rotatable bonds is 4. The molecule has 6 heteroatoms. The highest BCUT2D eigenvalue weighted by Gasteiger charge is 2.41. The summed E-state index contributed by atoms with van der Waals surface area (Å²) in [5, 5.41) is 11.9. The molecule has 5 nitrogen and oxygen atoms in total. The molecule has 2 aliphatic heterocycles. The Bertz CT molecular complexity index is 381. The first-order valence-electron chi connectivity index (χ1n) is 7.53. The van der Waals surface area contributed by atoms with E-state index in [0.717, 1.165) is 25.7 Å². The molecule has 0 aromatic carbocycles. The average Bonchev–Trinajstić information content (AvgIpc) is 2.51. The summed E-state index contributed by atoms with van der Waals surface area (Å²) in [6.07, 6.45) is 4.32. The van der Waals surface area contributed by atoms with Crippen LogP contribution in [0, 0.1) is 5.92 Å². The smallest absolute Gasteiger partial charge is 0.303 e. The molecule has 2 aliphatic rings. The number of nitrogens with zero attached hydrogens (tertiary/aromatic N) is 1. The summed E-state index contributed by atoms with van der Waals surface area (Å²) in [5.41, 5.74) is -0.197. The van der Waals surface area contributed by atoms with Crippen molar-refractivity contribution in [2.45, 2.75) is 70.5 Å². The quantitative estimate of drug-likeness (QED) is 0.832. The molecule has 2 bridgehead atoms. The van der Waals surface area contributed by atoms with Crippen molar-refractivity contribution in [3.63, 3.8) is 0 Å². The number of hydrogen-bond donors (Lipinski definition) is 2. The zero-order chi connectivity index (χ0) is 14.9. The maximum absolute atomic E-state index is 12.1. The van der Waals surface area contributed by atoms with Crippen LogP contribution < -0.4 is 5.32 Å². The lowest BCUT2D eigenvalue weighted by Gasteiger charge is -2.38. The third-order valence-electron chi connectivity index (χ3n) is 4.29. The largest absolute Gasteiger partial charge is 0.481 e. The molecule has 122 valence electrons. The van der Waals surface area contributed by atoms with Gasteiger partial charge in [-0.15, -0.1) is 12.4 Å². The van der Waals surface area contributed by atoms with E-state index in [0.29, 0.717) is 18.6 Å². The summed E-state index contributed by atoms with van der Waals surface area (Å²) >= 11 is 0. The van der Waals surface area contributed by atoms with Crippen molar-refractivity contribution in [3.8, 4) is 0 Å². The van der Waals surface area contributed by atoms with Crippen LogP contribution in [0.4, 0.5) is 0 Å². The molecule has 0 saturated carbocycles. The Morgan fingerprint density at radius 1 is 1.19 bits per heavy atom. The molecule has 2 fully saturated rings. The molecule has 3 atom stereocenters. The topological polar surface area (TPSA) is 69.6 Å². The van der Waals surface area contributed by atoms with Crippen molar-refractivity contribution in [3.05, 3.63) is 0 Å². The van der Waals surface area contributed by atoms with Crippen molar-refractivity contribution in [1.82, 2.24) is 10.2 Å². The van der Waals surface area contributed by atoms with Gasteiger partial charge in [0.25, 0.3) is 0 Å². The highest BCUT2D eigenvalue weighted by atomic mass is 35.5. The molecule has 0 unspecified atom stereocenters. The Balaban J connectivity index is 0.00000220. The van der Waals surface area contributed by atoms with Crippen LogP contribution in [0.5, 0.6) is 0 Å². The minimum absolute atomic E-state index is 0. The lowest BCUT2D eigenvalue weighted by Crippen LogP contribution is -2.51. The van der Waals surface area contributed by atoms with Gasteiger partial charge in [0, 0.05) is 24.0 Å². The summed E-state index contributed by atoms with van der Waals surface area (Å²) in [6, 6.07) is 0.785. The van der Waals surface area contributed by atoms with Crippen LogP contribution in [-0.2, 0) is 9.59 Å². The Morgan fingerprint density at radius 3 is 2.14 bits per heavy atom. The number of hydrogen-bond acceptors (Lipinski definition) is 3. The minimum Gasteiger partial charge on any atom is -0.481 e. The summed E-state index contributed by atoms with van der Waals surface area (Å²) in [4.78, 5) is 25.2. The fourth-order valence-electron chi connectivity index (χ4n) is 3.68. The summed E-state index contributed by atoms with van der Waals surface area (Å²) in [5.74, 6) is -0.341. The van der Waals surface area contributed by atoms with E-state index >= 15 is 0 Å². The number of carbonyl (C=O) groups excluding carboxylic acids is 1. The van der Waals surface area contributed by atoms with Crippen LogP contribution in [0.3, 0.4) is 0 Å². The lowest BCUT2D eigenvalue weighted by molar-refractivity contribution is -0.139. The molecular weight excluding hydrogens is 292 g/mol. The number of amides is 1. The Labute approximate surface area is 132 Å². The third-order valence-corrected chi connectivity index (χ3v) is 4.29. The second kappa shape index (κ2) is 6.97. The van der Waals surface area contributed by atoms with Crippen molar-refractivity contribution < 1.29 is 14.7 Å². The van der Waals surface area contributed by atoms with Gasteiger partial charge in [0.05, 0.1) is 6.54 Å². The number of carbonyl (C=O) groups is 2. The van der Waals surface area contributed by atoms with E-state index in [2.05, 4.69) is 10.2 Å². The van der Waals surface area contributed by atoms with Gasteiger partial charge in [-0.1, -0.05) is 0 Å². The lowest BCUT2D eigenvalue weighted by atomic mass is 9.88. The monoisotopic (exact) mass is 318 g/mol. The van der Waals surface area contributed by atoms with Gasteiger partial charge in [0.2, 0.25) is 5.91 Å². The summed E-state index contributed by atoms with van der Waals surface area (Å²) in [6.45, 7) is 6.40. The zero-order valence-corrected chi connectivity index (χ0v) is 13.9. The highest BCUT2D eigenvalue weighted by Crippen LogP contribution is 2.39. The molecule has 2 rings (SSSR count). The molecular formula is C15H27ClN2O3. The summed E-state index contributed by atoms with van der Waals surface area (Å²) < 4.78 is 0. The van der Waals surface area contributed by atoms with Gasteiger partial charge in [-0.05, 0) is 52.4 Å². The van der Waals surface area contributed by atoms with Crippen LogP contribution in [0.15, 0.2) is 0 Å². The number of carboxylic acids is 1. The van der Waals surface area contributed by atoms with E-state index in [1.807, 2.05) is 20.8 Å². The second-order valence-electron chi connectivity index (χ2n) is 7.29. The fourth-order valence-corrected chi connectivity index (χ4v) is 3.68. The molecule has 21 heavy (non-hydrogen) atoms. The first-order valence-corrected chi connectivity index (χ1v) is 7.53. The first-order chi connectivity index (χ1) is 9.24. The molecule has 0 aromatic rings. The van der Waals surface area contributed by atoms with Crippen LogP contribution in [0.25, 0.3) is 0 Å². The van der Waals surface area contributed by atoms with Crippen molar-refractivity contribution in [2.24, 2.45) is 5.92 Å². The van der Waals surface area contributed by atoms with Crippen LogP contribution in [-0.4, -0.2) is 46.1 Å². The molecule has 0 spiro atoms. The average molecular weight is 319 g/mol. The molecule has 0 radical (unpaired) electrons. The SMILES string of the molecule is CC(C)(C)NC(=O)CN1[C@@H]2CC[C@H]1C[C@@H](CC(=O)O)C2.Cl.